The van der Waals surface area contributed by atoms with Crippen LogP contribution in [0.2, 0.25) is 0 Å². The van der Waals surface area contributed by atoms with Crippen LogP contribution in [0.1, 0.15) is 16.8 Å². The molecule has 6 heteroatoms. The molecule has 0 atom stereocenters. The van der Waals surface area contributed by atoms with Gasteiger partial charge in [-0.3, -0.25) is 19.5 Å². The van der Waals surface area contributed by atoms with Crippen molar-refractivity contribution in [2.45, 2.75) is 13.5 Å². The van der Waals surface area contributed by atoms with Crippen LogP contribution in [0, 0.1) is 6.92 Å². The number of nitrogens with one attached hydrogen (secondary N) is 1. The van der Waals surface area contributed by atoms with Crippen molar-refractivity contribution in [1.82, 2.24) is 9.88 Å². The maximum absolute atomic E-state index is 13.3. The Bertz CT molecular complexity index is 1100. The number of ether oxygens (including phenoxy) is 1. The fourth-order valence-corrected chi connectivity index (χ4v) is 3.30. The average molecular weight is 399 g/mol. The van der Waals surface area contributed by atoms with Crippen LogP contribution in [0.25, 0.3) is 5.57 Å². The Kier molecular flexibility index (Phi) is 5.30. The van der Waals surface area contributed by atoms with Crippen molar-refractivity contribution in [2.75, 3.05) is 12.4 Å². The number of carbonyl (C=O) groups excluding carboxylic acids is 2. The number of hydrogen-bond acceptors (Lipinski definition) is 5. The number of hydrogen-bond donors (Lipinski definition) is 1. The van der Waals surface area contributed by atoms with Crippen molar-refractivity contribution in [3.05, 3.63) is 95.4 Å². The predicted octanol–water partition coefficient (Wildman–Crippen LogP) is 3.79. The zero-order valence-electron chi connectivity index (χ0n) is 16.8. The van der Waals surface area contributed by atoms with E-state index < -0.39 is 0 Å². The molecule has 1 aromatic heterocycles. The second kappa shape index (κ2) is 8.21. The van der Waals surface area contributed by atoms with Crippen LogP contribution in [0.3, 0.4) is 0 Å². The number of aromatic nitrogens is 1. The van der Waals surface area contributed by atoms with Crippen LogP contribution < -0.4 is 10.1 Å². The Morgan fingerprint density at radius 1 is 0.933 bits per heavy atom. The summed E-state index contributed by atoms with van der Waals surface area (Å²) in [6.45, 7) is 2.10. The summed E-state index contributed by atoms with van der Waals surface area (Å²) >= 11 is 0. The highest BCUT2D eigenvalue weighted by Crippen LogP contribution is 2.32. The summed E-state index contributed by atoms with van der Waals surface area (Å²) < 4.78 is 5.21. The molecular weight excluding hydrogens is 378 g/mol. The first-order chi connectivity index (χ1) is 14.6. The van der Waals surface area contributed by atoms with E-state index in [0.717, 1.165) is 11.3 Å². The highest BCUT2D eigenvalue weighted by Gasteiger charge is 2.39. The van der Waals surface area contributed by atoms with Crippen molar-refractivity contribution in [2.24, 2.45) is 0 Å². The summed E-state index contributed by atoms with van der Waals surface area (Å²) in [5.74, 6) is -0.0583. The first-order valence-corrected chi connectivity index (χ1v) is 9.55. The standard InChI is InChI=1S/C24H21N3O3/c1-16-6-10-18(11-7-16)26-22-21(17-8-12-20(30-2)13-9-17)23(28)27(24(22)29)15-19-5-3-4-14-25-19/h3-14,26H,15H2,1-2H3. The lowest BCUT2D eigenvalue weighted by atomic mass is 10.0. The van der Waals surface area contributed by atoms with Gasteiger partial charge in [0, 0.05) is 11.9 Å². The van der Waals surface area contributed by atoms with E-state index in [-0.39, 0.29) is 24.1 Å². The lowest BCUT2D eigenvalue weighted by Gasteiger charge is -2.14. The van der Waals surface area contributed by atoms with Crippen molar-refractivity contribution in [3.63, 3.8) is 0 Å². The molecule has 0 aliphatic carbocycles. The Hall–Kier alpha value is -3.93. The van der Waals surface area contributed by atoms with Crippen molar-refractivity contribution >= 4 is 23.1 Å². The Balaban J connectivity index is 1.73. The molecular formula is C24H21N3O3. The van der Waals surface area contributed by atoms with Crippen molar-refractivity contribution in [1.29, 1.82) is 0 Å². The van der Waals surface area contributed by atoms with Gasteiger partial charge in [0.1, 0.15) is 11.4 Å². The van der Waals surface area contributed by atoms with Crippen molar-refractivity contribution < 1.29 is 14.3 Å². The summed E-state index contributed by atoms with van der Waals surface area (Å²) in [6.07, 6.45) is 1.64. The van der Waals surface area contributed by atoms with Gasteiger partial charge in [-0.2, -0.15) is 0 Å². The van der Waals surface area contributed by atoms with E-state index in [9.17, 15) is 9.59 Å². The number of pyridine rings is 1. The fourth-order valence-electron chi connectivity index (χ4n) is 3.30. The molecule has 0 saturated carbocycles. The topological polar surface area (TPSA) is 71.5 Å². The summed E-state index contributed by atoms with van der Waals surface area (Å²) in [4.78, 5) is 32.0. The third kappa shape index (κ3) is 3.80. The minimum absolute atomic E-state index is 0.108. The molecule has 2 amide bonds. The van der Waals surface area contributed by atoms with Gasteiger partial charge in [-0.1, -0.05) is 35.9 Å². The zero-order valence-corrected chi connectivity index (χ0v) is 16.8. The highest BCUT2D eigenvalue weighted by molar-refractivity contribution is 6.36. The monoisotopic (exact) mass is 399 g/mol. The van der Waals surface area contributed by atoms with Crippen LogP contribution in [0.4, 0.5) is 5.69 Å². The van der Waals surface area contributed by atoms with Gasteiger partial charge in [0.05, 0.1) is 24.9 Å². The normalized spacial score (nSPS) is 13.7. The summed E-state index contributed by atoms with van der Waals surface area (Å²) in [5.41, 5.74) is 3.72. The molecule has 30 heavy (non-hydrogen) atoms. The minimum Gasteiger partial charge on any atom is -0.497 e. The molecule has 2 heterocycles. The number of benzene rings is 2. The number of carbonyl (C=O) groups is 2. The van der Waals surface area contributed by atoms with Gasteiger partial charge in [-0.05, 0) is 48.9 Å². The van der Waals surface area contributed by atoms with E-state index in [0.29, 0.717) is 22.6 Å². The van der Waals surface area contributed by atoms with E-state index in [1.165, 1.54) is 4.90 Å². The zero-order chi connectivity index (χ0) is 21.1. The van der Waals surface area contributed by atoms with Gasteiger partial charge in [0.2, 0.25) is 0 Å². The van der Waals surface area contributed by atoms with Crippen molar-refractivity contribution in [3.8, 4) is 5.75 Å². The summed E-state index contributed by atoms with van der Waals surface area (Å²) in [7, 11) is 1.58. The fraction of sp³-hybridized carbons (Fsp3) is 0.125. The Morgan fingerprint density at radius 2 is 1.67 bits per heavy atom. The first-order valence-electron chi connectivity index (χ1n) is 9.55. The number of nitrogens with zero attached hydrogens (tertiary/aromatic N) is 2. The van der Waals surface area contributed by atoms with Crippen LogP contribution in [-0.2, 0) is 16.1 Å². The number of amides is 2. The second-order valence-corrected chi connectivity index (χ2v) is 6.99. The maximum atomic E-state index is 13.3. The molecule has 0 fully saturated rings. The number of methoxy groups -OCH3 is 1. The van der Waals surface area contributed by atoms with Crippen LogP contribution >= 0.6 is 0 Å². The molecule has 0 radical (unpaired) electrons. The van der Waals surface area contributed by atoms with Crippen LogP contribution in [0.5, 0.6) is 5.75 Å². The van der Waals surface area contributed by atoms with E-state index in [1.807, 2.05) is 37.3 Å². The van der Waals surface area contributed by atoms with Gasteiger partial charge >= 0.3 is 0 Å². The van der Waals surface area contributed by atoms with Gasteiger partial charge in [0.25, 0.3) is 11.8 Å². The van der Waals surface area contributed by atoms with Crippen LogP contribution in [-0.4, -0.2) is 28.8 Å². The lowest BCUT2D eigenvalue weighted by Crippen LogP contribution is -2.32. The van der Waals surface area contributed by atoms with E-state index >= 15 is 0 Å². The van der Waals surface area contributed by atoms with E-state index in [4.69, 9.17) is 4.74 Å². The van der Waals surface area contributed by atoms with Crippen LogP contribution in [0.15, 0.2) is 78.6 Å². The first kappa shape index (κ1) is 19.4. The molecule has 6 nitrogen and oxygen atoms in total. The molecule has 0 bridgehead atoms. The lowest BCUT2D eigenvalue weighted by molar-refractivity contribution is -0.137. The maximum Gasteiger partial charge on any atom is 0.278 e. The SMILES string of the molecule is COc1ccc(C2=C(Nc3ccc(C)cc3)C(=O)N(Cc3ccccn3)C2=O)cc1. The van der Waals surface area contributed by atoms with Gasteiger partial charge in [-0.25, -0.2) is 0 Å². The smallest absolute Gasteiger partial charge is 0.278 e. The molecule has 0 spiro atoms. The molecule has 1 aliphatic rings. The highest BCUT2D eigenvalue weighted by atomic mass is 16.5. The molecule has 3 aromatic rings. The third-order valence-corrected chi connectivity index (χ3v) is 4.91. The van der Waals surface area contributed by atoms with Gasteiger partial charge < -0.3 is 10.1 Å². The number of rotatable bonds is 6. The molecule has 4 rings (SSSR count). The largest absolute Gasteiger partial charge is 0.497 e. The van der Waals surface area contributed by atoms with E-state index in [2.05, 4.69) is 10.3 Å². The number of anilines is 1. The number of aryl methyl sites for hydroxylation is 1. The quantitative estimate of drug-likeness (QED) is 0.639. The Morgan fingerprint density at radius 3 is 2.30 bits per heavy atom. The minimum atomic E-state index is -0.378. The van der Waals surface area contributed by atoms with E-state index in [1.54, 1.807) is 49.7 Å². The third-order valence-electron chi connectivity index (χ3n) is 4.91. The second-order valence-electron chi connectivity index (χ2n) is 6.99. The molecule has 0 saturated heterocycles. The summed E-state index contributed by atoms with van der Waals surface area (Å²) in [6, 6.07) is 20.2. The molecule has 2 aromatic carbocycles. The predicted molar refractivity (Wildman–Crippen MR) is 115 cm³/mol. The molecule has 150 valence electrons. The number of imide groups is 1. The summed E-state index contributed by atoms with van der Waals surface area (Å²) in [5, 5.41) is 3.16. The molecule has 1 N–H and O–H groups in total. The Labute approximate surface area is 174 Å². The molecule has 0 unspecified atom stereocenters. The van der Waals surface area contributed by atoms with Gasteiger partial charge in [-0.15, -0.1) is 0 Å². The molecule has 1 aliphatic heterocycles. The average Bonchev–Trinajstić information content (AvgIpc) is 3.00. The van der Waals surface area contributed by atoms with Gasteiger partial charge in [0.15, 0.2) is 0 Å².